The zero-order chi connectivity index (χ0) is 14.1. The molecule has 2 aromatic heterocycles. The molecule has 0 radical (unpaired) electrons. The van der Waals surface area contributed by atoms with Crippen molar-refractivity contribution in [3.05, 3.63) is 53.9 Å². The van der Waals surface area contributed by atoms with E-state index < -0.39 is 0 Å². The SMILES string of the molecule is Cc1ccc(-c2c(N)n[nH]c2-c2cncc(C)c2)cc1. The highest BCUT2D eigenvalue weighted by molar-refractivity contribution is 5.87. The van der Waals surface area contributed by atoms with Crippen molar-refractivity contribution < 1.29 is 0 Å². The van der Waals surface area contributed by atoms with E-state index in [1.165, 1.54) is 5.56 Å². The summed E-state index contributed by atoms with van der Waals surface area (Å²) < 4.78 is 0. The van der Waals surface area contributed by atoms with Gasteiger partial charge in [-0.3, -0.25) is 10.1 Å². The summed E-state index contributed by atoms with van der Waals surface area (Å²) in [6, 6.07) is 10.3. The monoisotopic (exact) mass is 264 g/mol. The second-order valence-electron chi connectivity index (χ2n) is 4.98. The van der Waals surface area contributed by atoms with Crippen molar-refractivity contribution in [3.63, 3.8) is 0 Å². The van der Waals surface area contributed by atoms with Crippen LogP contribution in [0.15, 0.2) is 42.7 Å². The second kappa shape index (κ2) is 4.81. The molecule has 20 heavy (non-hydrogen) atoms. The first-order valence-electron chi connectivity index (χ1n) is 6.48. The maximum absolute atomic E-state index is 6.02. The van der Waals surface area contributed by atoms with E-state index in [0.29, 0.717) is 5.82 Å². The molecule has 4 nitrogen and oxygen atoms in total. The number of H-pyrrole nitrogens is 1. The van der Waals surface area contributed by atoms with Gasteiger partial charge in [-0.15, -0.1) is 0 Å². The van der Waals surface area contributed by atoms with Crippen molar-refractivity contribution in [3.8, 4) is 22.4 Å². The molecule has 0 amide bonds. The molecule has 0 bridgehead atoms. The highest BCUT2D eigenvalue weighted by atomic mass is 15.2. The van der Waals surface area contributed by atoms with E-state index >= 15 is 0 Å². The Morgan fingerprint density at radius 1 is 0.950 bits per heavy atom. The van der Waals surface area contributed by atoms with E-state index in [2.05, 4.69) is 52.4 Å². The summed E-state index contributed by atoms with van der Waals surface area (Å²) in [7, 11) is 0. The third-order valence-corrected chi connectivity index (χ3v) is 3.30. The smallest absolute Gasteiger partial charge is 0.153 e. The van der Waals surface area contributed by atoms with Gasteiger partial charge in [0.05, 0.1) is 11.3 Å². The Balaban J connectivity index is 2.17. The molecule has 3 aromatic rings. The molecule has 0 saturated heterocycles. The van der Waals surface area contributed by atoms with Crippen LogP contribution in [-0.2, 0) is 0 Å². The van der Waals surface area contributed by atoms with Crippen molar-refractivity contribution in [2.24, 2.45) is 0 Å². The van der Waals surface area contributed by atoms with Crippen molar-refractivity contribution in [1.29, 1.82) is 0 Å². The molecule has 3 N–H and O–H groups in total. The third-order valence-electron chi connectivity index (χ3n) is 3.30. The summed E-state index contributed by atoms with van der Waals surface area (Å²) in [5.74, 6) is 0.505. The van der Waals surface area contributed by atoms with E-state index in [0.717, 1.165) is 27.9 Å². The van der Waals surface area contributed by atoms with Gasteiger partial charge in [0.15, 0.2) is 5.82 Å². The van der Waals surface area contributed by atoms with Crippen molar-refractivity contribution in [1.82, 2.24) is 15.2 Å². The van der Waals surface area contributed by atoms with Crippen LogP contribution in [0.3, 0.4) is 0 Å². The van der Waals surface area contributed by atoms with Gasteiger partial charge in [0, 0.05) is 18.0 Å². The first kappa shape index (κ1) is 12.4. The molecular formula is C16H16N4. The van der Waals surface area contributed by atoms with Crippen LogP contribution in [0.1, 0.15) is 11.1 Å². The number of hydrogen-bond acceptors (Lipinski definition) is 3. The molecular weight excluding hydrogens is 248 g/mol. The Kier molecular flexibility index (Phi) is 2.99. The number of nitrogens with one attached hydrogen (secondary N) is 1. The highest BCUT2D eigenvalue weighted by Crippen LogP contribution is 2.34. The Morgan fingerprint density at radius 2 is 1.70 bits per heavy atom. The lowest BCUT2D eigenvalue weighted by Crippen LogP contribution is -1.89. The molecule has 0 saturated carbocycles. The average molecular weight is 264 g/mol. The van der Waals surface area contributed by atoms with Crippen LogP contribution in [0.25, 0.3) is 22.4 Å². The molecule has 1 aromatic carbocycles. The fraction of sp³-hybridized carbons (Fsp3) is 0.125. The van der Waals surface area contributed by atoms with Crippen LogP contribution >= 0.6 is 0 Å². The number of nitrogens with two attached hydrogens (primary N) is 1. The molecule has 4 heteroatoms. The third kappa shape index (κ3) is 2.16. The van der Waals surface area contributed by atoms with Gasteiger partial charge >= 0.3 is 0 Å². The fourth-order valence-electron chi connectivity index (χ4n) is 2.27. The Morgan fingerprint density at radius 3 is 2.40 bits per heavy atom. The number of anilines is 1. The van der Waals surface area contributed by atoms with Crippen molar-refractivity contribution in [2.45, 2.75) is 13.8 Å². The minimum atomic E-state index is 0.505. The summed E-state index contributed by atoms with van der Waals surface area (Å²) >= 11 is 0. The molecule has 2 heterocycles. The topological polar surface area (TPSA) is 67.6 Å². The minimum absolute atomic E-state index is 0.505. The molecule has 3 rings (SSSR count). The molecule has 0 aliphatic heterocycles. The Labute approximate surface area is 117 Å². The first-order valence-corrected chi connectivity index (χ1v) is 6.48. The van der Waals surface area contributed by atoms with E-state index in [4.69, 9.17) is 5.73 Å². The Bertz CT molecular complexity index is 741. The van der Waals surface area contributed by atoms with Crippen LogP contribution in [0.5, 0.6) is 0 Å². The average Bonchev–Trinajstić information content (AvgIpc) is 2.82. The first-order chi connectivity index (χ1) is 9.65. The molecule has 0 unspecified atom stereocenters. The maximum Gasteiger partial charge on any atom is 0.153 e. The molecule has 0 atom stereocenters. The van der Waals surface area contributed by atoms with E-state index in [9.17, 15) is 0 Å². The predicted octanol–water partition coefficient (Wildman–Crippen LogP) is 3.34. The van der Waals surface area contributed by atoms with Gasteiger partial charge in [0.1, 0.15) is 0 Å². The van der Waals surface area contributed by atoms with E-state index in [-0.39, 0.29) is 0 Å². The molecule has 0 aliphatic rings. The van der Waals surface area contributed by atoms with E-state index in [1.54, 1.807) is 0 Å². The quantitative estimate of drug-likeness (QED) is 0.746. The van der Waals surface area contributed by atoms with E-state index in [1.807, 2.05) is 19.3 Å². The summed E-state index contributed by atoms with van der Waals surface area (Å²) in [5, 5.41) is 7.16. The fourth-order valence-corrected chi connectivity index (χ4v) is 2.27. The minimum Gasteiger partial charge on any atom is -0.382 e. The predicted molar refractivity (Wildman–Crippen MR) is 81.1 cm³/mol. The zero-order valence-corrected chi connectivity index (χ0v) is 11.5. The number of hydrogen-bond donors (Lipinski definition) is 2. The van der Waals surface area contributed by atoms with Gasteiger partial charge < -0.3 is 5.73 Å². The van der Waals surface area contributed by atoms with Gasteiger partial charge in [0.2, 0.25) is 0 Å². The lowest BCUT2D eigenvalue weighted by Gasteiger charge is -2.05. The summed E-state index contributed by atoms with van der Waals surface area (Å²) in [4.78, 5) is 4.23. The maximum atomic E-state index is 6.02. The summed E-state index contributed by atoms with van der Waals surface area (Å²) in [6.45, 7) is 4.08. The highest BCUT2D eigenvalue weighted by Gasteiger charge is 2.14. The number of aromatic nitrogens is 3. The van der Waals surface area contributed by atoms with Crippen LogP contribution < -0.4 is 5.73 Å². The molecule has 0 fully saturated rings. The second-order valence-corrected chi connectivity index (χ2v) is 4.98. The summed E-state index contributed by atoms with van der Waals surface area (Å²) in [6.07, 6.45) is 3.65. The van der Waals surface area contributed by atoms with Crippen molar-refractivity contribution in [2.75, 3.05) is 5.73 Å². The van der Waals surface area contributed by atoms with Gasteiger partial charge in [0.25, 0.3) is 0 Å². The Hall–Kier alpha value is -2.62. The molecule has 0 spiro atoms. The zero-order valence-electron chi connectivity index (χ0n) is 11.5. The largest absolute Gasteiger partial charge is 0.382 e. The number of pyridine rings is 1. The van der Waals surface area contributed by atoms with Crippen molar-refractivity contribution >= 4 is 5.82 Å². The van der Waals surface area contributed by atoms with Gasteiger partial charge in [-0.2, -0.15) is 5.10 Å². The normalized spacial score (nSPS) is 10.7. The number of benzene rings is 1. The number of nitrogens with zero attached hydrogens (tertiary/aromatic N) is 2. The number of rotatable bonds is 2. The van der Waals surface area contributed by atoms with Gasteiger partial charge in [-0.1, -0.05) is 29.8 Å². The van der Waals surface area contributed by atoms with Crippen LogP contribution in [0.4, 0.5) is 5.82 Å². The summed E-state index contributed by atoms with van der Waals surface area (Å²) in [5.41, 5.74) is 12.2. The molecule has 0 aliphatic carbocycles. The lowest BCUT2D eigenvalue weighted by atomic mass is 10.0. The number of aromatic amines is 1. The molecule has 100 valence electrons. The van der Waals surface area contributed by atoms with Crippen LogP contribution in [-0.4, -0.2) is 15.2 Å². The van der Waals surface area contributed by atoms with Gasteiger partial charge in [-0.05, 0) is 31.0 Å². The standard InChI is InChI=1S/C16H16N4/c1-10-3-5-12(6-4-10)14-15(19-20-16(14)17)13-7-11(2)8-18-9-13/h3-9H,1-2H3,(H3,17,19,20). The van der Waals surface area contributed by atoms with Gasteiger partial charge in [-0.25, -0.2) is 0 Å². The number of aryl methyl sites for hydroxylation is 2. The van der Waals surface area contributed by atoms with Crippen LogP contribution in [0.2, 0.25) is 0 Å². The lowest BCUT2D eigenvalue weighted by molar-refractivity contribution is 1.10. The van der Waals surface area contributed by atoms with Crippen LogP contribution in [0, 0.1) is 13.8 Å². The number of nitrogen functional groups attached to an aromatic ring is 1.